The van der Waals surface area contributed by atoms with Crippen molar-refractivity contribution in [3.63, 3.8) is 0 Å². The Hall–Kier alpha value is -1.38. The van der Waals surface area contributed by atoms with Gasteiger partial charge in [-0.15, -0.1) is 0 Å². The van der Waals surface area contributed by atoms with E-state index in [4.69, 9.17) is 14.2 Å². The lowest BCUT2D eigenvalue weighted by molar-refractivity contribution is -0.200. The van der Waals surface area contributed by atoms with E-state index >= 15 is 0 Å². The second-order valence-electron chi connectivity index (χ2n) is 16.9. The number of carbonyl (C=O) groups excluding carboxylic acids is 2. The van der Waals surface area contributed by atoms with Crippen molar-refractivity contribution in [3.8, 4) is 0 Å². The molecule has 5 saturated carbocycles. The normalized spacial score (nSPS) is 47.7. The maximum atomic E-state index is 12.7. The number of alkyl carbamates (subject to hydrolysis) is 1. The highest BCUT2D eigenvalue weighted by Gasteiger charge is 2.81. The smallest absolute Gasteiger partial charge is 0.407 e. The first-order valence-electron chi connectivity index (χ1n) is 16.9. The van der Waals surface area contributed by atoms with Gasteiger partial charge in [0.05, 0.1) is 23.9 Å². The minimum Gasteiger partial charge on any atom is -0.457 e. The Morgan fingerprint density at radius 1 is 1.00 bits per heavy atom. The molecule has 7 aliphatic rings. The van der Waals surface area contributed by atoms with Crippen molar-refractivity contribution in [1.29, 1.82) is 0 Å². The lowest BCUT2D eigenvalue weighted by Gasteiger charge is -2.59. The zero-order valence-electron chi connectivity index (χ0n) is 26.7. The van der Waals surface area contributed by atoms with E-state index in [1.165, 1.54) is 45.4 Å². The van der Waals surface area contributed by atoms with E-state index in [0.29, 0.717) is 28.6 Å². The predicted octanol–water partition coefficient (Wildman–Crippen LogP) is 5.21. The van der Waals surface area contributed by atoms with Crippen LogP contribution in [0.4, 0.5) is 4.79 Å². The first kappa shape index (κ1) is 29.3. The van der Waals surface area contributed by atoms with Gasteiger partial charge in [0.1, 0.15) is 6.10 Å². The summed E-state index contributed by atoms with van der Waals surface area (Å²) in [4.78, 5) is 24.6. The Balaban J connectivity index is 0.00000329. The van der Waals surface area contributed by atoms with Crippen molar-refractivity contribution in [2.24, 2.45) is 45.3 Å². The van der Waals surface area contributed by atoms with Gasteiger partial charge in [0.2, 0.25) is 0 Å². The molecule has 8 nitrogen and oxygen atoms in total. The Morgan fingerprint density at radius 2 is 1.74 bits per heavy atom. The van der Waals surface area contributed by atoms with E-state index in [9.17, 15) is 14.7 Å². The summed E-state index contributed by atoms with van der Waals surface area (Å²) in [5.41, 5.74) is -0.0503. The van der Waals surface area contributed by atoms with Crippen molar-refractivity contribution in [1.82, 2.24) is 10.6 Å². The lowest BCUT2D eigenvalue weighted by atomic mass is 9.46. The molecule has 2 aliphatic heterocycles. The quantitative estimate of drug-likeness (QED) is 0.379. The van der Waals surface area contributed by atoms with E-state index < -0.39 is 11.7 Å². The fraction of sp³-hybridized carbons (Fsp3) is 0.941. The van der Waals surface area contributed by atoms with Crippen LogP contribution in [0.3, 0.4) is 0 Å². The molecule has 238 valence electrons. The van der Waals surface area contributed by atoms with E-state index in [2.05, 4.69) is 31.4 Å². The van der Waals surface area contributed by atoms with Gasteiger partial charge < -0.3 is 30.0 Å². The standard InChI is InChI=1S/C34H54N2O6.H2/c1-19(37)40-28(31(4,5)39)24-9-7-22-25(41-24)15-23-21-8-10-26-30(2,3)27(42-29(38)36-20-16-35-17-20)11-12-34(26)18-33(21,34)14-13-32(22,23)6;/h20-28,35,39H,7-18H2,1-6H3,(H,36,38);1H/t21?,22?,23?,24?,25?,26?,27-,28-,32?,33-,34+;/m0./s1. The molecule has 7 unspecified atom stereocenters. The van der Waals surface area contributed by atoms with Crippen LogP contribution in [0, 0.1) is 45.3 Å². The van der Waals surface area contributed by atoms with Crippen LogP contribution in [0.5, 0.6) is 0 Å². The number of nitrogens with one attached hydrogen (secondary N) is 2. The topological polar surface area (TPSA) is 106 Å². The van der Waals surface area contributed by atoms with E-state index in [0.717, 1.165) is 44.7 Å². The van der Waals surface area contributed by atoms with E-state index in [1.54, 1.807) is 13.8 Å². The summed E-state index contributed by atoms with van der Waals surface area (Å²) in [5, 5.41) is 17.1. The molecule has 0 aromatic heterocycles. The molecule has 5 aliphatic carbocycles. The molecule has 0 aromatic rings. The first-order valence-corrected chi connectivity index (χ1v) is 16.9. The Labute approximate surface area is 253 Å². The summed E-state index contributed by atoms with van der Waals surface area (Å²) < 4.78 is 18.6. The van der Waals surface area contributed by atoms with Gasteiger partial charge in [0, 0.05) is 26.9 Å². The number of aliphatic hydroxyl groups is 1. The average Bonchev–Trinajstić information content (AvgIpc) is 3.46. The third-order valence-corrected chi connectivity index (χ3v) is 14.2. The molecule has 7 fully saturated rings. The minimum atomic E-state index is -1.15. The lowest BCUT2D eigenvalue weighted by Crippen LogP contribution is -2.59. The number of ether oxygens (including phenoxy) is 3. The fourth-order valence-corrected chi connectivity index (χ4v) is 12.3. The van der Waals surface area contributed by atoms with Crippen LogP contribution in [0.1, 0.15) is 107 Å². The van der Waals surface area contributed by atoms with Gasteiger partial charge in [-0.05, 0) is 118 Å². The van der Waals surface area contributed by atoms with Crippen molar-refractivity contribution in [3.05, 3.63) is 0 Å². The SMILES string of the molecule is CC(=O)O[C@@H](C1CCC2C(CC3C4CCC5C(C)(C)[C@@H](OC(=O)NC6CNC6)CC[C@@]56C[C@@]46CCC23C)O1)C(C)(C)O.[HH]. The van der Waals surface area contributed by atoms with Crippen LogP contribution < -0.4 is 10.6 Å². The van der Waals surface area contributed by atoms with Crippen LogP contribution in [-0.4, -0.2) is 66.3 Å². The fourth-order valence-electron chi connectivity index (χ4n) is 12.3. The molecule has 2 heterocycles. The molecule has 0 aromatic carbocycles. The monoisotopic (exact) mass is 588 g/mol. The molecule has 2 spiro atoms. The zero-order valence-corrected chi connectivity index (χ0v) is 26.7. The third kappa shape index (κ3) is 4.16. The highest BCUT2D eigenvalue weighted by molar-refractivity contribution is 5.68. The average molecular weight is 589 g/mol. The summed E-state index contributed by atoms with van der Waals surface area (Å²) in [5.74, 6) is 2.17. The molecule has 7 rings (SSSR count). The highest BCUT2D eigenvalue weighted by Crippen LogP contribution is 2.87. The maximum absolute atomic E-state index is 12.7. The number of hydrogen-bond acceptors (Lipinski definition) is 7. The molecular weight excluding hydrogens is 532 g/mol. The zero-order chi connectivity index (χ0) is 29.9. The molecule has 42 heavy (non-hydrogen) atoms. The molecule has 1 amide bonds. The Bertz CT molecular complexity index is 1120. The second-order valence-corrected chi connectivity index (χ2v) is 16.9. The largest absolute Gasteiger partial charge is 0.457 e. The van der Waals surface area contributed by atoms with Gasteiger partial charge >= 0.3 is 12.1 Å². The number of rotatable bonds is 5. The summed E-state index contributed by atoms with van der Waals surface area (Å²) >= 11 is 0. The van der Waals surface area contributed by atoms with Gasteiger partial charge in [0.15, 0.2) is 6.10 Å². The molecule has 11 atom stereocenters. The number of hydrogen-bond donors (Lipinski definition) is 3. The van der Waals surface area contributed by atoms with Crippen LogP contribution in [0.15, 0.2) is 0 Å². The van der Waals surface area contributed by atoms with E-state index in [-0.39, 0.29) is 48.7 Å². The minimum absolute atomic E-state index is 0. The predicted molar refractivity (Wildman–Crippen MR) is 160 cm³/mol. The van der Waals surface area contributed by atoms with E-state index in [1.807, 2.05) is 0 Å². The molecular formula is C34H56N2O6. The van der Waals surface area contributed by atoms with Crippen LogP contribution >= 0.6 is 0 Å². The van der Waals surface area contributed by atoms with Crippen molar-refractivity contribution >= 4 is 12.1 Å². The molecule has 3 N–H and O–H groups in total. The van der Waals surface area contributed by atoms with Gasteiger partial charge in [-0.2, -0.15) is 0 Å². The van der Waals surface area contributed by atoms with Crippen molar-refractivity contribution in [2.45, 2.75) is 142 Å². The Morgan fingerprint density at radius 3 is 2.40 bits per heavy atom. The summed E-state index contributed by atoms with van der Waals surface area (Å²) in [6.45, 7) is 13.8. The first-order chi connectivity index (χ1) is 19.7. The van der Waals surface area contributed by atoms with Crippen molar-refractivity contribution < 1.29 is 30.3 Å². The summed E-state index contributed by atoms with van der Waals surface area (Å²) in [6, 6.07) is 0.200. The highest BCUT2D eigenvalue weighted by atomic mass is 16.6. The van der Waals surface area contributed by atoms with Crippen molar-refractivity contribution in [2.75, 3.05) is 13.1 Å². The number of carbonyl (C=O) groups is 2. The summed E-state index contributed by atoms with van der Waals surface area (Å²) in [6.07, 6.45) is 10.6. The van der Waals surface area contributed by atoms with Gasteiger partial charge in [0.25, 0.3) is 0 Å². The van der Waals surface area contributed by atoms with Gasteiger partial charge in [-0.3, -0.25) is 4.79 Å². The molecule has 0 radical (unpaired) electrons. The van der Waals surface area contributed by atoms with Gasteiger partial charge in [-0.1, -0.05) is 20.8 Å². The summed E-state index contributed by atoms with van der Waals surface area (Å²) in [7, 11) is 0. The third-order valence-electron chi connectivity index (χ3n) is 14.2. The maximum Gasteiger partial charge on any atom is 0.407 e. The number of esters is 1. The van der Waals surface area contributed by atoms with Crippen LogP contribution in [-0.2, 0) is 19.0 Å². The van der Waals surface area contributed by atoms with Crippen LogP contribution in [0.2, 0.25) is 0 Å². The number of fused-ring (bicyclic) bond motifs is 4. The molecule has 2 saturated heterocycles. The van der Waals surface area contributed by atoms with Gasteiger partial charge in [-0.25, -0.2) is 4.79 Å². The second kappa shape index (κ2) is 9.56. The Kier molecular flexibility index (Phi) is 6.68. The molecule has 0 bridgehead atoms. The molecule has 8 heteroatoms. The number of amides is 1. The van der Waals surface area contributed by atoms with Crippen LogP contribution in [0.25, 0.3) is 0 Å².